The van der Waals surface area contributed by atoms with Gasteiger partial charge < -0.3 is 20.7 Å². The first-order valence-electron chi connectivity index (χ1n) is 11.3. The van der Waals surface area contributed by atoms with Crippen molar-refractivity contribution in [1.29, 1.82) is 0 Å². The van der Waals surface area contributed by atoms with E-state index in [4.69, 9.17) is 27.9 Å². The second-order valence-electron chi connectivity index (χ2n) is 8.71. The summed E-state index contributed by atoms with van der Waals surface area (Å²) in [6, 6.07) is 14.4. The number of carbonyl (C=O) groups is 2. The van der Waals surface area contributed by atoms with Crippen LogP contribution in [0.4, 0.5) is 11.5 Å². The van der Waals surface area contributed by atoms with Gasteiger partial charge in [0.25, 0.3) is 5.91 Å². The summed E-state index contributed by atoms with van der Waals surface area (Å²) in [5, 5.41) is 11.4. The van der Waals surface area contributed by atoms with Gasteiger partial charge in [-0.25, -0.2) is 4.98 Å². The SMILES string of the molecule is O=C(Nc1ccc2cc(Cl)ccc2n1)C1CCC(NC(=O)C2CNc3cc(Cl)ccc3O2)CC1. The summed E-state index contributed by atoms with van der Waals surface area (Å²) < 4.78 is 5.84. The Morgan fingerprint density at radius 3 is 2.53 bits per heavy atom. The molecule has 1 aromatic heterocycles. The van der Waals surface area contributed by atoms with Gasteiger partial charge in [-0.05, 0) is 74.2 Å². The normalized spacial score (nSPS) is 21.6. The maximum Gasteiger partial charge on any atom is 0.263 e. The van der Waals surface area contributed by atoms with Gasteiger partial charge in [0.2, 0.25) is 5.91 Å². The van der Waals surface area contributed by atoms with Crippen molar-refractivity contribution in [3.8, 4) is 5.75 Å². The minimum absolute atomic E-state index is 0.0234. The molecule has 1 unspecified atom stereocenters. The number of carbonyl (C=O) groups excluding carboxylic acids is 2. The molecule has 1 aliphatic heterocycles. The van der Waals surface area contributed by atoms with Crippen LogP contribution in [0.25, 0.3) is 10.9 Å². The third-order valence-corrected chi connectivity index (χ3v) is 6.80. The number of hydrogen-bond donors (Lipinski definition) is 3. The van der Waals surface area contributed by atoms with Crippen molar-refractivity contribution in [3.63, 3.8) is 0 Å². The number of nitrogens with one attached hydrogen (secondary N) is 3. The minimum Gasteiger partial charge on any atom is -0.477 e. The van der Waals surface area contributed by atoms with Gasteiger partial charge in [0, 0.05) is 27.4 Å². The smallest absolute Gasteiger partial charge is 0.263 e. The van der Waals surface area contributed by atoms with E-state index in [0.717, 1.165) is 29.4 Å². The molecule has 0 spiro atoms. The first-order chi connectivity index (χ1) is 16.4. The lowest BCUT2D eigenvalue weighted by Gasteiger charge is -2.31. The number of fused-ring (bicyclic) bond motifs is 2. The molecular formula is C25H24Cl2N4O3. The van der Waals surface area contributed by atoms with E-state index >= 15 is 0 Å². The van der Waals surface area contributed by atoms with Crippen LogP contribution >= 0.6 is 23.2 Å². The second kappa shape index (κ2) is 9.68. The molecule has 1 atom stereocenters. The van der Waals surface area contributed by atoms with Gasteiger partial charge in [-0.3, -0.25) is 9.59 Å². The Hall–Kier alpha value is -3.03. The first-order valence-corrected chi connectivity index (χ1v) is 12.1. The van der Waals surface area contributed by atoms with Crippen LogP contribution < -0.4 is 20.7 Å². The van der Waals surface area contributed by atoms with E-state index in [-0.39, 0.29) is 23.8 Å². The Morgan fingerprint density at radius 1 is 0.941 bits per heavy atom. The van der Waals surface area contributed by atoms with E-state index < -0.39 is 6.10 Å². The predicted octanol–water partition coefficient (Wildman–Crippen LogP) is 5.03. The summed E-state index contributed by atoms with van der Waals surface area (Å²) in [7, 11) is 0. The van der Waals surface area contributed by atoms with Gasteiger partial charge in [-0.15, -0.1) is 0 Å². The van der Waals surface area contributed by atoms with E-state index in [1.54, 1.807) is 30.3 Å². The lowest BCUT2D eigenvalue weighted by Crippen LogP contribution is -2.49. The highest BCUT2D eigenvalue weighted by Gasteiger charge is 2.31. The number of nitrogens with zero attached hydrogens (tertiary/aromatic N) is 1. The molecule has 7 nitrogen and oxygen atoms in total. The molecule has 1 fully saturated rings. The molecule has 0 saturated heterocycles. The van der Waals surface area contributed by atoms with Crippen molar-refractivity contribution < 1.29 is 14.3 Å². The van der Waals surface area contributed by atoms with Crippen LogP contribution in [0.3, 0.4) is 0 Å². The number of ether oxygens (including phenoxy) is 1. The fourth-order valence-corrected chi connectivity index (χ4v) is 4.83. The third kappa shape index (κ3) is 5.05. The number of halogens is 2. The van der Waals surface area contributed by atoms with Gasteiger partial charge >= 0.3 is 0 Å². The Kier molecular flexibility index (Phi) is 6.48. The van der Waals surface area contributed by atoms with Crippen LogP contribution in [0.5, 0.6) is 5.75 Å². The predicted molar refractivity (Wildman–Crippen MR) is 134 cm³/mol. The number of anilines is 2. The lowest BCUT2D eigenvalue weighted by molar-refractivity contribution is -0.128. The van der Waals surface area contributed by atoms with Crippen LogP contribution in [0.1, 0.15) is 25.7 Å². The molecule has 0 radical (unpaired) electrons. The molecule has 0 bridgehead atoms. The molecule has 1 aliphatic carbocycles. The number of pyridine rings is 1. The number of amides is 2. The van der Waals surface area contributed by atoms with Crippen molar-refractivity contribution in [2.75, 3.05) is 17.2 Å². The largest absolute Gasteiger partial charge is 0.477 e. The molecule has 2 amide bonds. The monoisotopic (exact) mass is 498 g/mol. The molecule has 3 N–H and O–H groups in total. The highest BCUT2D eigenvalue weighted by molar-refractivity contribution is 6.31. The topological polar surface area (TPSA) is 92.4 Å². The maximum atomic E-state index is 12.8. The van der Waals surface area contributed by atoms with Crippen LogP contribution in [0.2, 0.25) is 10.0 Å². The quantitative estimate of drug-likeness (QED) is 0.469. The van der Waals surface area contributed by atoms with Gasteiger partial charge in [0.15, 0.2) is 6.10 Å². The Balaban J connectivity index is 1.11. The summed E-state index contributed by atoms with van der Waals surface area (Å²) in [5.41, 5.74) is 1.56. The van der Waals surface area contributed by atoms with Crippen LogP contribution in [0.15, 0.2) is 48.5 Å². The van der Waals surface area contributed by atoms with E-state index in [1.807, 2.05) is 18.2 Å². The molecule has 2 heterocycles. The Morgan fingerprint density at radius 2 is 1.71 bits per heavy atom. The molecule has 5 rings (SSSR count). The minimum atomic E-state index is -0.608. The molecule has 3 aromatic rings. The van der Waals surface area contributed by atoms with E-state index in [2.05, 4.69) is 20.9 Å². The molecular weight excluding hydrogens is 475 g/mol. The highest BCUT2D eigenvalue weighted by Crippen LogP contribution is 2.32. The zero-order valence-corrected chi connectivity index (χ0v) is 19.8. The summed E-state index contributed by atoms with van der Waals surface area (Å²) in [6.45, 7) is 0.377. The Labute approximate surface area is 207 Å². The number of hydrogen-bond acceptors (Lipinski definition) is 5. The van der Waals surface area contributed by atoms with Crippen molar-refractivity contribution in [2.24, 2.45) is 5.92 Å². The van der Waals surface area contributed by atoms with E-state index in [9.17, 15) is 9.59 Å². The van der Waals surface area contributed by atoms with Gasteiger partial charge in [0.05, 0.1) is 17.7 Å². The van der Waals surface area contributed by atoms with Crippen LogP contribution in [-0.2, 0) is 9.59 Å². The number of benzene rings is 2. The summed E-state index contributed by atoms with van der Waals surface area (Å²) >= 11 is 12.0. The summed E-state index contributed by atoms with van der Waals surface area (Å²) in [6.07, 6.45) is 2.26. The zero-order chi connectivity index (χ0) is 23.7. The van der Waals surface area contributed by atoms with Gasteiger partial charge in [0.1, 0.15) is 11.6 Å². The average Bonchev–Trinajstić information content (AvgIpc) is 2.84. The lowest BCUT2D eigenvalue weighted by atomic mass is 9.85. The zero-order valence-electron chi connectivity index (χ0n) is 18.3. The maximum absolute atomic E-state index is 12.8. The van der Waals surface area contributed by atoms with Crippen molar-refractivity contribution in [2.45, 2.75) is 37.8 Å². The van der Waals surface area contributed by atoms with Crippen LogP contribution in [0, 0.1) is 5.92 Å². The highest BCUT2D eigenvalue weighted by atomic mass is 35.5. The van der Waals surface area contributed by atoms with Crippen LogP contribution in [-0.4, -0.2) is 35.5 Å². The molecule has 9 heteroatoms. The molecule has 1 saturated carbocycles. The van der Waals surface area contributed by atoms with E-state index in [1.165, 1.54) is 0 Å². The average molecular weight is 499 g/mol. The fourth-order valence-electron chi connectivity index (χ4n) is 4.48. The van der Waals surface area contributed by atoms with Crippen molar-refractivity contribution in [3.05, 3.63) is 58.6 Å². The van der Waals surface area contributed by atoms with Gasteiger partial charge in [-0.2, -0.15) is 0 Å². The first kappa shape index (κ1) is 22.7. The molecule has 2 aliphatic rings. The second-order valence-corrected chi connectivity index (χ2v) is 9.58. The Bertz CT molecular complexity index is 1240. The summed E-state index contributed by atoms with van der Waals surface area (Å²) in [4.78, 5) is 30.0. The number of aromatic nitrogens is 1. The third-order valence-electron chi connectivity index (χ3n) is 6.33. The standard InChI is InChI=1S/C25H24Cl2N4O3/c26-16-4-8-19-15(11-16)3-10-23(30-19)31-24(32)14-1-6-18(7-2-14)29-25(33)22-13-28-20-12-17(27)5-9-21(20)34-22/h3-5,8-12,14,18,22,28H,1-2,6-7,13H2,(H,29,33)(H,30,31,32). The van der Waals surface area contributed by atoms with Crippen molar-refractivity contribution >= 4 is 57.4 Å². The summed E-state index contributed by atoms with van der Waals surface area (Å²) in [5.74, 6) is 0.836. The molecule has 34 heavy (non-hydrogen) atoms. The van der Waals surface area contributed by atoms with Crippen molar-refractivity contribution in [1.82, 2.24) is 10.3 Å². The molecule has 176 valence electrons. The van der Waals surface area contributed by atoms with Gasteiger partial charge in [-0.1, -0.05) is 23.2 Å². The molecule has 2 aromatic carbocycles. The van der Waals surface area contributed by atoms with E-state index in [0.29, 0.717) is 41.0 Å². The number of rotatable bonds is 4. The fraction of sp³-hybridized carbons (Fsp3) is 0.320.